The van der Waals surface area contributed by atoms with Gasteiger partial charge in [-0.05, 0) is 43.5 Å². The van der Waals surface area contributed by atoms with E-state index in [0.717, 1.165) is 44.8 Å². The highest BCUT2D eigenvalue weighted by atomic mass is 16.5. The van der Waals surface area contributed by atoms with Gasteiger partial charge in [0.15, 0.2) is 0 Å². The Morgan fingerprint density at radius 1 is 1.30 bits per heavy atom. The van der Waals surface area contributed by atoms with Crippen molar-refractivity contribution in [1.82, 2.24) is 9.88 Å². The summed E-state index contributed by atoms with van der Waals surface area (Å²) in [5.74, 6) is 0. The zero-order valence-corrected chi connectivity index (χ0v) is 11.9. The van der Waals surface area contributed by atoms with Gasteiger partial charge in [0.05, 0.1) is 11.6 Å². The Hall–Kier alpha value is -1.83. The van der Waals surface area contributed by atoms with Crippen LogP contribution in [0.3, 0.4) is 0 Å². The Kier molecular flexibility index (Phi) is 5.60. The lowest BCUT2D eigenvalue weighted by Gasteiger charge is -2.07. The van der Waals surface area contributed by atoms with Crippen LogP contribution in [-0.2, 0) is 11.3 Å². The molecule has 0 aliphatic carbocycles. The third-order valence-corrected chi connectivity index (χ3v) is 3.28. The lowest BCUT2D eigenvalue weighted by molar-refractivity contribution is 0.145. The van der Waals surface area contributed by atoms with Gasteiger partial charge in [0.1, 0.15) is 0 Å². The molecule has 0 saturated carbocycles. The average molecular weight is 271 g/mol. The van der Waals surface area contributed by atoms with Crippen molar-refractivity contribution >= 4 is 10.9 Å². The minimum Gasteiger partial charge on any atom is -0.382 e. The summed E-state index contributed by atoms with van der Waals surface area (Å²) >= 11 is 0. The second-order valence-corrected chi connectivity index (χ2v) is 4.70. The lowest BCUT2D eigenvalue weighted by atomic mass is 10.2. The van der Waals surface area contributed by atoms with Crippen LogP contribution < -0.4 is 5.32 Å². The van der Waals surface area contributed by atoms with E-state index in [-0.39, 0.29) is 0 Å². The fraction of sp³-hybridized carbons (Fsp3) is 0.438. The first kappa shape index (κ1) is 14.6. The molecule has 2 aromatic rings. The molecule has 0 spiro atoms. The molecule has 0 radical (unpaired) electrons. The quantitative estimate of drug-likeness (QED) is 0.751. The average Bonchev–Trinajstić information content (AvgIpc) is 2.88. The number of rotatable bonds is 8. The molecule has 4 heteroatoms. The van der Waals surface area contributed by atoms with Crippen LogP contribution in [0.15, 0.2) is 30.5 Å². The van der Waals surface area contributed by atoms with E-state index in [2.05, 4.69) is 28.2 Å². The van der Waals surface area contributed by atoms with Crippen molar-refractivity contribution in [2.75, 3.05) is 26.3 Å². The van der Waals surface area contributed by atoms with E-state index in [0.29, 0.717) is 5.56 Å². The van der Waals surface area contributed by atoms with Crippen LogP contribution >= 0.6 is 0 Å². The smallest absolute Gasteiger partial charge is 0.0992 e. The summed E-state index contributed by atoms with van der Waals surface area (Å²) in [5, 5.41) is 13.5. The monoisotopic (exact) mass is 271 g/mol. The van der Waals surface area contributed by atoms with Gasteiger partial charge in [-0.3, -0.25) is 0 Å². The number of ether oxygens (including phenoxy) is 1. The lowest BCUT2D eigenvalue weighted by Crippen LogP contribution is -2.21. The summed E-state index contributed by atoms with van der Waals surface area (Å²) in [4.78, 5) is 0. The molecule has 0 aliphatic heterocycles. The van der Waals surface area contributed by atoms with Crippen LogP contribution in [0.25, 0.3) is 10.9 Å². The number of fused-ring (bicyclic) bond motifs is 1. The minimum atomic E-state index is 0.710. The van der Waals surface area contributed by atoms with Gasteiger partial charge >= 0.3 is 0 Å². The maximum absolute atomic E-state index is 8.96. The third-order valence-electron chi connectivity index (χ3n) is 3.28. The molecular formula is C16H21N3O. The Bertz CT molecular complexity index is 583. The zero-order valence-electron chi connectivity index (χ0n) is 11.9. The second kappa shape index (κ2) is 7.68. The topological polar surface area (TPSA) is 50.0 Å². The molecule has 106 valence electrons. The highest BCUT2D eigenvalue weighted by Crippen LogP contribution is 2.17. The van der Waals surface area contributed by atoms with E-state index < -0.39 is 0 Å². The maximum Gasteiger partial charge on any atom is 0.0992 e. The third kappa shape index (κ3) is 3.83. The largest absolute Gasteiger partial charge is 0.382 e. The molecule has 0 saturated heterocycles. The molecule has 4 nitrogen and oxygen atoms in total. The van der Waals surface area contributed by atoms with E-state index in [1.807, 2.05) is 25.1 Å². The van der Waals surface area contributed by atoms with Crippen LogP contribution in [0.2, 0.25) is 0 Å². The first-order valence-electron chi connectivity index (χ1n) is 7.12. The van der Waals surface area contributed by atoms with Crippen molar-refractivity contribution in [2.24, 2.45) is 0 Å². The van der Waals surface area contributed by atoms with Crippen LogP contribution in [0, 0.1) is 11.3 Å². The van der Waals surface area contributed by atoms with E-state index in [4.69, 9.17) is 10.00 Å². The van der Waals surface area contributed by atoms with Crippen LogP contribution in [0.5, 0.6) is 0 Å². The standard InChI is InChI=1S/C16H21N3O/c1-2-20-11-3-7-18-8-10-19-9-6-15-5-4-14(13-17)12-16(15)19/h4-6,9,12,18H,2-3,7-8,10-11H2,1H3. The zero-order chi connectivity index (χ0) is 14.2. The maximum atomic E-state index is 8.96. The first-order valence-corrected chi connectivity index (χ1v) is 7.12. The van der Waals surface area contributed by atoms with Crippen molar-refractivity contribution in [3.8, 4) is 6.07 Å². The Morgan fingerprint density at radius 2 is 2.20 bits per heavy atom. The van der Waals surface area contributed by atoms with Crippen molar-refractivity contribution in [3.63, 3.8) is 0 Å². The van der Waals surface area contributed by atoms with Crippen molar-refractivity contribution in [1.29, 1.82) is 5.26 Å². The molecule has 1 aromatic heterocycles. The molecule has 1 heterocycles. The van der Waals surface area contributed by atoms with Crippen LogP contribution in [-0.4, -0.2) is 30.9 Å². The summed E-state index contributed by atoms with van der Waals surface area (Å²) in [5.41, 5.74) is 1.84. The molecule has 20 heavy (non-hydrogen) atoms. The Balaban J connectivity index is 1.83. The van der Waals surface area contributed by atoms with Crippen molar-refractivity contribution in [2.45, 2.75) is 19.9 Å². The highest BCUT2D eigenvalue weighted by molar-refractivity contribution is 5.81. The molecule has 2 rings (SSSR count). The molecule has 1 N–H and O–H groups in total. The normalized spacial score (nSPS) is 10.8. The second-order valence-electron chi connectivity index (χ2n) is 4.70. The minimum absolute atomic E-state index is 0.710. The number of nitrogens with zero attached hydrogens (tertiary/aromatic N) is 2. The number of nitrogens with one attached hydrogen (secondary N) is 1. The predicted molar refractivity (Wildman–Crippen MR) is 80.6 cm³/mol. The van der Waals surface area contributed by atoms with E-state index in [9.17, 15) is 0 Å². The van der Waals surface area contributed by atoms with Crippen molar-refractivity contribution in [3.05, 3.63) is 36.0 Å². The molecule has 0 bridgehead atoms. The fourth-order valence-corrected chi connectivity index (χ4v) is 2.22. The number of aromatic nitrogens is 1. The predicted octanol–water partition coefficient (Wildman–Crippen LogP) is 2.53. The molecule has 1 aromatic carbocycles. The van der Waals surface area contributed by atoms with Gasteiger partial charge < -0.3 is 14.6 Å². The molecule has 0 fully saturated rings. The summed E-state index contributed by atoms with van der Waals surface area (Å²) in [7, 11) is 0. The number of hydrogen-bond acceptors (Lipinski definition) is 3. The fourth-order valence-electron chi connectivity index (χ4n) is 2.22. The van der Waals surface area contributed by atoms with Crippen LogP contribution in [0.1, 0.15) is 18.9 Å². The molecular weight excluding hydrogens is 250 g/mol. The van der Waals surface area contributed by atoms with E-state index in [1.165, 1.54) is 5.39 Å². The Morgan fingerprint density at radius 3 is 3.00 bits per heavy atom. The number of hydrogen-bond donors (Lipinski definition) is 1. The van der Waals surface area contributed by atoms with Crippen LogP contribution in [0.4, 0.5) is 0 Å². The van der Waals surface area contributed by atoms with Gasteiger partial charge in [0.25, 0.3) is 0 Å². The van der Waals surface area contributed by atoms with E-state index in [1.54, 1.807) is 0 Å². The van der Waals surface area contributed by atoms with Gasteiger partial charge in [0, 0.05) is 38.0 Å². The van der Waals surface area contributed by atoms with Gasteiger partial charge in [-0.2, -0.15) is 5.26 Å². The highest BCUT2D eigenvalue weighted by Gasteiger charge is 2.01. The number of nitriles is 1. The molecule has 0 unspecified atom stereocenters. The molecule has 0 atom stereocenters. The summed E-state index contributed by atoms with van der Waals surface area (Å²) in [6, 6.07) is 10.1. The molecule has 0 aliphatic rings. The summed E-state index contributed by atoms with van der Waals surface area (Å²) in [6.07, 6.45) is 3.12. The van der Waals surface area contributed by atoms with Gasteiger partial charge in [-0.25, -0.2) is 0 Å². The summed E-state index contributed by atoms with van der Waals surface area (Å²) in [6.45, 7) is 6.43. The van der Waals surface area contributed by atoms with Crippen molar-refractivity contribution < 1.29 is 4.74 Å². The van der Waals surface area contributed by atoms with E-state index >= 15 is 0 Å². The van der Waals surface area contributed by atoms with Gasteiger partial charge in [-0.1, -0.05) is 6.07 Å². The summed E-state index contributed by atoms with van der Waals surface area (Å²) < 4.78 is 7.48. The Labute approximate surface area is 120 Å². The first-order chi connectivity index (χ1) is 9.85. The van der Waals surface area contributed by atoms with Gasteiger partial charge in [-0.15, -0.1) is 0 Å². The SMILES string of the molecule is CCOCCCNCCn1ccc2ccc(C#N)cc21. The molecule has 0 amide bonds. The number of benzene rings is 1. The van der Waals surface area contributed by atoms with Gasteiger partial charge in [0.2, 0.25) is 0 Å².